The van der Waals surface area contributed by atoms with E-state index >= 15 is 0 Å². The van der Waals surface area contributed by atoms with E-state index in [-0.39, 0.29) is 34.4 Å². The van der Waals surface area contributed by atoms with Gasteiger partial charge in [0.15, 0.2) is 17.6 Å². The summed E-state index contributed by atoms with van der Waals surface area (Å²) < 4.78 is 53.0. The van der Waals surface area contributed by atoms with E-state index in [1.54, 1.807) is 24.3 Å². The summed E-state index contributed by atoms with van der Waals surface area (Å²) >= 11 is 6.46. The number of β-amino-alcohol motifs (C(OH)–C–C–N with tert-alkyl or cyclic N) is 1. The largest absolute Gasteiger partial charge is 0.495 e. The standard InChI is InChI=1S/C21H19ClF3N5O3/c1-11(31)10-30-19(21(23,24)25)13(9-28-30)18-15(20-26-7-4-8-27-20)17(29-33-18)12-5-3-6-14(32-2)16(12)22/h3-9,11,13,19,31H,10H2,1-2H3/t11-,13?,19+/m1/s1. The van der Waals surface area contributed by atoms with Crippen molar-refractivity contribution in [2.75, 3.05) is 13.7 Å². The number of benzene rings is 1. The normalized spacial score (nSPS) is 19.2. The molecule has 0 bridgehead atoms. The van der Waals surface area contributed by atoms with E-state index in [9.17, 15) is 18.3 Å². The van der Waals surface area contributed by atoms with Crippen LogP contribution >= 0.6 is 11.6 Å². The molecule has 0 aliphatic carbocycles. The first kappa shape index (κ1) is 23.0. The van der Waals surface area contributed by atoms with E-state index in [1.807, 2.05) is 0 Å². The molecule has 0 spiro atoms. The minimum atomic E-state index is -4.68. The number of hydrogen-bond donors (Lipinski definition) is 1. The fourth-order valence-electron chi connectivity index (χ4n) is 3.72. The lowest BCUT2D eigenvalue weighted by molar-refractivity contribution is -0.185. The second-order valence-electron chi connectivity index (χ2n) is 7.41. The van der Waals surface area contributed by atoms with Crippen molar-refractivity contribution in [3.05, 3.63) is 47.4 Å². The maximum atomic E-state index is 14.1. The Morgan fingerprint density at radius 1 is 1.24 bits per heavy atom. The number of rotatable bonds is 6. The Kier molecular flexibility index (Phi) is 6.26. The topological polar surface area (TPSA) is 96.9 Å². The van der Waals surface area contributed by atoms with E-state index in [4.69, 9.17) is 20.9 Å². The molecule has 0 radical (unpaired) electrons. The van der Waals surface area contributed by atoms with Gasteiger partial charge in [0.2, 0.25) is 0 Å². The maximum absolute atomic E-state index is 14.1. The third-order valence-corrected chi connectivity index (χ3v) is 5.46. The molecule has 1 aromatic carbocycles. The maximum Gasteiger partial charge on any atom is 0.411 e. The van der Waals surface area contributed by atoms with E-state index in [0.717, 1.165) is 11.2 Å². The van der Waals surface area contributed by atoms with Crippen molar-refractivity contribution in [1.82, 2.24) is 20.1 Å². The van der Waals surface area contributed by atoms with Gasteiger partial charge in [-0.15, -0.1) is 0 Å². The van der Waals surface area contributed by atoms with Crippen molar-refractivity contribution in [3.8, 4) is 28.4 Å². The molecule has 1 aliphatic rings. The van der Waals surface area contributed by atoms with Crippen LogP contribution in [-0.4, -0.2) is 63.4 Å². The van der Waals surface area contributed by atoms with Gasteiger partial charge in [0, 0.05) is 24.2 Å². The summed E-state index contributed by atoms with van der Waals surface area (Å²) in [5.74, 6) is -0.995. The molecule has 2 aromatic heterocycles. The number of aromatic nitrogens is 3. The number of aliphatic hydroxyl groups excluding tert-OH is 1. The Balaban J connectivity index is 1.89. The van der Waals surface area contributed by atoms with Crippen LogP contribution in [0.15, 0.2) is 46.3 Å². The lowest BCUT2D eigenvalue weighted by Crippen LogP contribution is -2.46. The van der Waals surface area contributed by atoms with Gasteiger partial charge < -0.3 is 14.4 Å². The van der Waals surface area contributed by atoms with Crippen molar-refractivity contribution in [1.29, 1.82) is 0 Å². The predicted molar refractivity (Wildman–Crippen MR) is 114 cm³/mol. The van der Waals surface area contributed by atoms with Crippen LogP contribution in [0.1, 0.15) is 18.6 Å². The molecule has 33 heavy (non-hydrogen) atoms. The minimum absolute atomic E-state index is 0.116. The van der Waals surface area contributed by atoms with Crippen LogP contribution in [0.2, 0.25) is 5.02 Å². The molecule has 3 aromatic rings. The quantitative estimate of drug-likeness (QED) is 0.564. The third kappa shape index (κ3) is 4.38. The Bertz CT molecular complexity index is 1150. The highest BCUT2D eigenvalue weighted by molar-refractivity contribution is 6.35. The van der Waals surface area contributed by atoms with Gasteiger partial charge in [0.25, 0.3) is 0 Å². The van der Waals surface area contributed by atoms with Gasteiger partial charge in [0.05, 0.1) is 36.3 Å². The first-order valence-electron chi connectivity index (χ1n) is 9.87. The van der Waals surface area contributed by atoms with E-state index in [0.29, 0.717) is 11.3 Å². The predicted octanol–water partition coefficient (Wildman–Crippen LogP) is 4.16. The van der Waals surface area contributed by atoms with Crippen molar-refractivity contribution in [2.24, 2.45) is 5.10 Å². The summed E-state index contributed by atoms with van der Waals surface area (Å²) in [6.45, 7) is 1.08. The molecule has 3 heterocycles. The number of halogens is 4. The van der Waals surface area contributed by atoms with Crippen LogP contribution in [0.25, 0.3) is 22.6 Å². The summed E-state index contributed by atoms with van der Waals surface area (Å²) in [6.07, 6.45) is -1.65. The summed E-state index contributed by atoms with van der Waals surface area (Å²) in [5, 5.41) is 18.6. The SMILES string of the molecule is COc1cccc(-c2noc(C3C=NN(C[C@@H](C)O)[C@@H]3C(F)(F)F)c2-c2ncccn2)c1Cl. The number of hydrazone groups is 1. The van der Waals surface area contributed by atoms with Crippen molar-refractivity contribution in [2.45, 2.75) is 31.2 Å². The highest BCUT2D eigenvalue weighted by atomic mass is 35.5. The number of ether oxygens (including phenoxy) is 1. The molecule has 1 unspecified atom stereocenters. The molecule has 12 heteroatoms. The number of nitrogens with zero attached hydrogens (tertiary/aromatic N) is 5. The smallest absolute Gasteiger partial charge is 0.411 e. The zero-order valence-electron chi connectivity index (χ0n) is 17.5. The summed E-state index contributed by atoms with van der Waals surface area (Å²) in [4.78, 5) is 8.40. The molecule has 1 aliphatic heterocycles. The molecule has 0 amide bonds. The average molecular weight is 482 g/mol. The molecule has 0 fully saturated rings. The second kappa shape index (κ2) is 8.99. The zero-order valence-corrected chi connectivity index (χ0v) is 18.2. The first-order chi connectivity index (χ1) is 15.7. The zero-order chi connectivity index (χ0) is 23.8. The fourth-order valence-corrected chi connectivity index (χ4v) is 4.01. The van der Waals surface area contributed by atoms with Crippen molar-refractivity contribution >= 4 is 17.8 Å². The highest BCUT2D eigenvalue weighted by Gasteiger charge is 2.53. The molecule has 1 N–H and O–H groups in total. The average Bonchev–Trinajstić information content (AvgIpc) is 3.38. The van der Waals surface area contributed by atoms with E-state index < -0.39 is 24.2 Å². The fraction of sp³-hybridized carbons (Fsp3) is 0.333. The Labute approximate surface area is 191 Å². The third-order valence-electron chi connectivity index (χ3n) is 5.07. The molecule has 174 valence electrons. The second-order valence-corrected chi connectivity index (χ2v) is 7.79. The van der Waals surface area contributed by atoms with Crippen LogP contribution in [0.3, 0.4) is 0 Å². The van der Waals surface area contributed by atoms with E-state index in [1.165, 1.54) is 26.4 Å². The Morgan fingerprint density at radius 2 is 1.97 bits per heavy atom. The Hall–Kier alpha value is -3.18. The molecule has 0 saturated carbocycles. The summed E-state index contributed by atoms with van der Waals surface area (Å²) in [6, 6.07) is 4.46. The number of hydrogen-bond acceptors (Lipinski definition) is 8. The van der Waals surface area contributed by atoms with Gasteiger partial charge in [-0.25, -0.2) is 9.97 Å². The van der Waals surface area contributed by atoms with Gasteiger partial charge in [-0.2, -0.15) is 18.3 Å². The first-order valence-corrected chi connectivity index (χ1v) is 10.3. The lowest BCUT2D eigenvalue weighted by Gasteiger charge is -2.29. The van der Waals surface area contributed by atoms with Gasteiger partial charge >= 0.3 is 6.18 Å². The number of alkyl halides is 3. The van der Waals surface area contributed by atoms with Crippen LogP contribution in [0.4, 0.5) is 13.2 Å². The lowest BCUT2D eigenvalue weighted by atomic mass is 9.92. The molecule has 3 atom stereocenters. The minimum Gasteiger partial charge on any atom is -0.495 e. The monoisotopic (exact) mass is 481 g/mol. The van der Waals surface area contributed by atoms with E-state index in [2.05, 4.69) is 20.2 Å². The number of aliphatic hydroxyl groups is 1. The van der Waals surface area contributed by atoms with Gasteiger partial charge in [-0.05, 0) is 19.1 Å². The molecule has 4 rings (SSSR count). The molecule has 0 saturated heterocycles. The van der Waals surface area contributed by atoms with Crippen molar-refractivity contribution < 1.29 is 27.5 Å². The summed E-state index contributed by atoms with van der Waals surface area (Å²) in [5.41, 5.74) is 0.714. The van der Waals surface area contributed by atoms with Gasteiger partial charge in [-0.1, -0.05) is 28.9 Å². The molecular weight excluding hydrogens is 463 g/mol. The van der Waals surface area contributed by atoms with Crippen LogP contribution in [0.5, 0.6) is 5.75 Å². The molecule has 8 nitrogen and oxygen atoms in total. The van der Waals surface area contributed by atoms with Gasteiger partial charge in [0.1, 0.15) is 11.4 Å². The van der Waals surface area contributed by atoms with Gasteiger partial charge in [-0.3, -0.25) is 5.01 Å². The van der Waals surface area contributed by atoms with Crippen molar-refractivity contribution in [3.63, 3.8) is 0 Å². The highest BCUT2D eigenvalue weighted by Crippen LogP contribution is 2.45. The van der Waals surface area contributed by atoms with Crippen LogP contribution < -0.4 is 4.74 Å². The summed E-state index contributed by atoms with van der Waals surface area (Å²) in [7, 11) is 1.44. The van der Waals surface area contributed by atoms with Crippen LogP contribution in [0, 0.1) is 0 Å². The Morgan fingerprint density at radius 3 is 2.61 bits per heavy atom. The molecular formula is C21H19ClF3N5O3. The number of methoxy groups -OCH3 is 1. The van der Waals surface area contributed by atoms with Crippen LogP contribution in [-0.2, 0) is 0 Å².